The van der Waals surface area contributed by atoms with Gasteiger partial charge in [0.15, 0.2) is 0 Å². The van der Waals surface area contributed by atoms with Crippen LogP contribution in [0.3, 0.4) is 0 Å². The second kappa shape index (κ2) is 5.74. The zero-order valence-corrected chi connectivity index (χ0v) is 15.4. The first kappa shape index (κ1) is 16.9. The van der Waals surface area contributed by atoms with Crippen molar-refractivity contribution in [3.05, 3.63) is 52.3 Å². The average molecular weight is 352 g/mol. The molecular weight excluding hydrogens is 331 g/mol. The first-order chi connectivity index (χ1) is 12.4. The summed E-state index contributed by atoms with van der Waals surface area (Å²) in [6.07, 6.45) is 0.816. The van der Waals surface area contributed by atoms with E-state index in [1.165, 1.54) is 0 Å². The van der Waals surface area contributed by atoms with Crippen molar-refractivity contribution < 1.29 is 13.9 Å². The molecule has 0 aliphatic carbocycles. The van der Waals surface area contributed by atoms with E-state index in [9.17, 15) is 4.79 Å². The lowest BCUT2D eigenvalue weighted by Gasteiger charge is -2.41. The summed E-state index contributed by atoms with van der Waals surface area (Å²) in [5.41, 5.74) is 4.94. The Balaban J connectivity index is 2.08. The molecule has 2 heterocycles. The number of rotatable bonds is 3. The van der Waals surface area contributed by atoms with Crippen molar-refractivity contribution in [2.45, 2.75) is 33.2 Å². The van der Waals surface area contributed by atoms with E-state index in [4.69, 9.17) is 9.72 Å². The molecule has 5 heteroatoms. The largest absolute Gasteiger partial charge is 0.376 e. The number of aromatic nitrogens is 2. The highest BCUT2D eigenvalue weighted by molar-refractivity contribution is 5.88. The number of carbonyl (C=O) groups excluding carboxylic acids is 1. The van der Waals surface area contributed by atoms with Crippen LogP contribution in [-0.4, -0.2) is 29.1 Å². The van der Waals surface area contributed by atoms with Gasteiger partial charge in [0.05, 0.1) is 35.3 Å². The van der Waals surface area contributed by atoms with Crippen LogP contribution in [0, 0.1) is 26.6 Å². The van der Waals surface area contributed by atoms with Crippen molar-refractivity contribution in [3.8, 4) is 11.4 Å². The lowest BCUT2D eigenvalue weighted by Crippen LogP contribution is -2.49. The van der Waals surface area contributed by atoms with E-state index in [2.05, 4.69) is 6.92 Å². The number of hydrogen-bond acceptors (Lipinski definition) is 3. The quantitative estimate of drug-likeness (QED) is 0.659. The van der Waals surface area contributed by atoms with Gasteiger partial charge in [-0.2, -0.15) is 0 Å². The minimum atomic E-state index is -0.315. The van der Waals surface area contributed by atoms with Crippen molar-refractivity contribution in [2.75, 3.05) is 13.2 Å². The zero-order chi connectivity index (χ0) is 18.6. The Labute approximate surface area is 151 Å². The van der Waals surface area contributed by atoms with Crippen LogP contribution in [0.1, 0.15) is 34.0 Å². The number of fused-ring (bicyclic) bond motifs is 1. The molecule has 0 atom stereocenters. The van der Waals surface area contributed by atoms with E-state index in [1.54, 1.807) is 13.0 Å². The minimum absolute atomic E-state index is 0.246. The van der Waals surface area contributed by atoms with Crippen LogP contribution in [0.4, 0.5) is 4.39 Å². The number of halogens is 1. The molecule has 0 spiro atoms. The molecule has 0 amide bonds. The number of aryl methyl sites for hydroxylation is 1. The summed E-state index contributed by atoms with van der Waals surface area (Å²) in [6.45, 7) is 8.84. The van der Waals surface area contributed by atoms with E-state index in [0.717, 1.165) is 28.4 Å². The van der Waals surface area contributed by atoms with Crippen LogP contribution >= 0.6 is 0 Å². The molecule has 134 valence electrons. The first-order valence-electron chi connectivity index (χ1n) is 8.68. The normalized spacial score (nSPS) is 15.9. The minimum Gasteiger partial charge on any atom is -0.376 e. The Morgan fingerprint density at radius 2 is 1.92 bits per heavy atom. The molecule has 1 fully saturated rings. The van der Waals surface area contributed by atoms with Gasteiger partial charge in [0.2, 0.25) is 0 Å². The van der Waals surface area contributed by atoms with Crippen LogP contribution in [-0.2, 0) is 10.3 Å². The summed E-state index contributed by atoms with van der Waals surface area (Å²) in [7, 11) is 0. The van der Waals surface area contributed by atoms with Gasteiger partial charge in [-0.25, -0.2) is 9.37 Å². The molecular formula is C21H21FN2O2. The number of aldehydes is 1. The molecule has 2 aromatic carbocycles. The Morgan fingerprint density at radius 1 is 1.19 bits per heavy atom. The van der Waals surface area contributed by atoms with Crippen molar-refractivity contribution >= 4 is 17.3 Å². The van der Waals surface area contributed by atoms with Crippen molar-refractivity contribution in [2.24, 2.45) is 0 Å². The Hall–Kier alpha value is -2.53. The molecule has 0 N–H and O–H groups in total. The van der Waals surface area contributed by atoms with Gasteiger partial charge in [-0.3, -0.25) is 4.79 Å². The third kappa shape index (κ3) is 2.31. The lowest BCUT2D eigenvalue weighted by molar-refractivity contribution is -0.0868. The second-order valence-electron chi connectivity index (χ2n) is 7.43. The summed E-state index contributed by atoms with van der Waals surface area (Å²) >= 11 is 0. The van der Waals surface area contributed by atoms with Crippen LogP contribution in [0.5, 0.6) is 0 Å². The average Bonchev–Trinajstić information content (AvgIpc) is 2.99. The Morgan fingerprint density at radius 3 is 2.54 bits per heavy atom. The predicted octanol–water partition coefficient (Wildman–Crippen LogP) is 4.33. The molecule has 1 aliphatic heterocycles. The highest BCUT2D eigenvalue weighted by Crippen LogP contribution is 2.38. The molecule has 0 radical (unpaired) electrons. The van der Waals surface area contributed by atoms with Gasteiger partial charge in [0.1, 0.15) is 17.9 Å². The molecule has 1 aromatic heterocycles. The van der Waals surface area contributed by atoms with Crippen LogP contribution in [0.15, 0.2) is 24.3 Å². The molecule has 4 rings (SSSR count). The van der Waals surface area contributed by atoms with E-state index < -0.39 is 0 Å². The van der Waals surface area contributed by atoms with E-state index in [-0.39, 0.29) is 11.4 Å². The summed E-state index contributed by atoms with van der Waals surface area (Å²) < 4.78 is 22.6. The molecule has 26 heavy (non-hydrogen) atoms. The highest BCUT2D eigenvalue weighted by atomic mass is 19.1. The van der Waals surface area contributed by atoms with Crippen molar-refractivity contribution in [3.63, 3.8) is 0 Å². The molecule has 4 nitrogen and oxygen atoms in total. The summed E-state index contributed by atoms with van der Waals surface area (Å²) in [5.74, 6) is 0.335. The molecule has 0 bridgehead atoms. The molecule has 0 unspecified atom stereocenters. The van der Waals surface area contributed by atoms with Gasteiger partial charge in [-0.05, 0) is 68.7 Å². The maximum Gasteiger partial charge on any atom is 0.150 e. The van der Waals surface area contributed by atoms with E-state index in [1.807, 2.05) is 36.6 Å². The Kier molecular flexibility index (Phi) is 3.74. The number of ether oxygens (including phenoxy) is 1. The third-order valence-electron chi connectivity index (χ3n) is 5.50. The van der Waals surface area contributed by atoms with Crippen LogP contribution in [0.25, 0.3) is 22.4 Å². The van der Waals surface area contributed by atoms with Gasteiger partial charge in [0, 0.05) is 5.56 Å². The maximum absolute atomic E-state index is 15.2. The fourth-order valence-electron chi connectivity index (χ4n) is 3.63. The second-order valence-corrected chi connectivity index (χ2v) is 7.43. The lowest BCUT2D eigenvalue weighted by atomic mass is 9.96. The van der Waals surface area contributed by atoms with Gasteiger partial charge in [0.25, 0.3) is 0 Å². The number of hydrogen-bond donors (Lipinski definition) is 0. The first-order valence-corrected chi connectivity index (χ1v) is 8.68. The van der Waals surface area contributed by atoms with E-state index >= 15 is 4.39 Å². The van der Waals surface area contributed by atoms with Gasteiger partial charge in [-0.1, -0.05) is 0 Å². The standard InChI is InChI=1S/C21H21FN2O2/c1-12-7-16(19(22)14(3)13(12)2)20-23-17-6-5-15(9-25)8-18(17)24(20)21(4)10-26-11-21/h5-9H,10-11H2,1-4H3. The summed E-state index contributed by atoms with van der Waals surface area (Å²) in [5, 5.41) is 0. The highest BCUT2D eigenvalue weighted by Gasteiger charge is 2.39. The zero-order valence-electron chi connectivity index (χ0n) is 15.4. The Bertz CT molecular complexity index is 1050. The maximum atomic E-state index is 15.2. The van der Waals surface area contributed by atoms with E-state index in [0.29, 0.717) is 35.7 Å². The predicted molar refractivity (Wildman–Crippen MR) is 99.2 cm³/mol. The molecule has 3 aromatic rings. The number of benzene rings is 2. The smallest absolute Gasteiger partial charge is 0.150 e. The summed E-state index contributed by atoms with van der Waals surface area (Å²) in [6, 6.07) is 7.22. The SMILES string of the molecule is Cc1cc(-c2nc3ccc(C=O)cc3n2C2(C)COC2)c(F)c(C)c1C. The van der Waals surface area contributed by atoms with Gasteiger partial charge < -0.3 is 9.30 Å². The van der Waals surface area contributed by atoms with Crippen molar-refractivity contribution in [1.82, 2.24) is 9.55 Å². The van der Waals surface area contributed by atoms with Gasteiger partial charge in [-0.15, -0.1) is 0 Å². The fourth-order valence-corrected chi connectivity index (χ4v) is 3.63. The van der Waals surface area contributed by atoms with Crippen LogP contribution in [0.2, 0.25) is 0 Å². The van der Waals surface area contributed by atoms with Crippen molar-refractivity contribution in [1.29, 1.82) is 0 Å². The fraction of sp³-hybridized carbons (Fsp3) is 0.333. The number of imidazole rings is 1. The third-order valence-corrected chi connectivity index (χ3v) is 5.50. The topological polar surface area (TPSA) is 44.1 Å². The number of carbonyl (C=O) groups is 1. The number of nitrogens with zero attached hydrogens (tertiary/aromatic N) is 2. The molecule has 0 saturated carbocycles. The molecule has 1 aliphatic rings. The monoisotopic (exact) mass is 352 g/mol. The van der Waals surface area contributed by atoms with Gasteiger partial charge >= 0.3 is 0 Å². The molecule has 1 saturated heterocycles. The van der Waals surface area contributed by atoms with Crippen LogP contribution < -0.4 is 0 Å². The summed E-state index contributed by atoms with van der Waals surface area (Å²) in [4.78, 5) is 16.0.